The van der Waals surface area contributed by atoms with Gasteiger partial charge in [0.05, 0.1) is 24.0 Å². The molecule has 1 aromatic heterocycles. The molecule has 0 bridgehead atoms. The fraction of sp³-hybridized carbons (Fsp3) is 0.692. The Kier molecular flexibility index (Phi) is 4.30. The lowest BCUT2D eigenvalue weighted by Crippen LogP contribution is -2.46. The van der Waals surface area contributed by atoms with Crippen molar-refractivity contribution < 1.29 is 5.11 Å². The Morgan fingerprint density at radius 3 is 3.05 bits per heavy atom. The van der Waals surface area contributed by atoms with E-state index < -0.39 is 0 Å². The van der Waals surface area contributed by atoms with Gasteiger partial charge in [-0.05, 0) is 34.7 Å². The van der Waals surface area contributed by atoms with Crippen LogP contribution in [-0.2, 0) is 7.05 Å². The molecule has 1 heterocycles. The number of aliphatic hydroxyl groups excluding tert-OH is 1. The molecule has 5 nitrogen and oxygen atoms in total. The minimum Gasteiger partial charge on any atom is -0.394 e. The van der Waals surface area contributed by atoms with Crippen LogP contribution in [0.1, 0.15) is 32.6 Å². The molecular weight excluding hydrogens is 310 g/mol. The summed E-state index contributed by atoms with van der Waals surface area (Å²) in [7, 11) is 1.61. The molecule has 0 aromatic carbocycles. The Balaban J connectivity index is 2.28. The van der Waals surface area contributed by atoms with Crippen molar-refractivity contribution in [2.24, 2.45) is 13.0 Å². The normalized spacial score (nSPS) is 27.3. The lowest BCUT2D eigenvalue weighted by Gasteiger charge is -2.40. The highest BCUT2D eigenvalue weighted by Gasteiger charge is 2.35. The van der Waals surface area contributed by atoms with Gasteiger partial charge in [-0.15, -0.1) is 0 Å². The van der Waals surface area contributed by atoms with Gasteiger partial charge >= 0.3 is 0 Å². The highest BCUT2D eigenvalue weighted by molar-refractivity contribution is 9.10. The predicted octanol–water partition coefficient (Wildman–Crippen LogP) is 1.90. The number of nitrogens with zero attached hydrogens (tertiary/aromatic N) is 2. The van der Waals surface area contributed by atoms with Crippen molar-refractivity contribution in [2.75, 3.05) is 11.9 Å². The van der Waals surface area contributed by atoms with Gasteiger partial charge in [-0.25, -0.2) is 4.68 Å². The van der Waals surface area contributed by atoms with Crippen molar-refractivity contribution in [1.82, 2.24) is 9.78 Å². The molecule has 6 heteroatoms. The van der Waals surface area contributed by atoms with E-state index in [9.17, 15) is 9.90 Å². The first-order valence-corrected chi connectivity index (χ1v) is 7.37. The molecule has 2 rings (SSSR count). The van der Waals surface area contributed by atoms with Gasteiger partial charge in [0, 0.05) is 7.05 Å². The first-order chi connectivity index (χ1) is 8.97. The molecule has 0 radical (unpaired) electrons. The average molecular weight is 330 g/mol. The number of nitrogens with one attached hydrogen (secondary N) is 1. The molecular formula is C13H20BrN3O2. The van der Waals surface area contributed by atoms with Crippen LogP contribution in [0.2, 0.25) is 0 Å². The molecule has 2 N–H and O–H groups in total. The highest BCUT2D eigenvalue weighted by Crippen LogP contribution is 2.35. The molecule has 1 fully saturated rings. The number of hydrogen-bond acceptors (Lipinski definition) is 4. The molecule has 1 aromatic rings. The molecule has 19 heavy (non-hydrogen) atoms. The fourth-order valence-electron chi connectivity index (χ4n) is 2.84. The third kappa shape index (κ3) is 3.00. The second-order valence-corrected chi connectivity index (χ2v) is 6.36. The van der Waals surface area contributed by atoms with Gasteiger partial charge < -0.3 is 10.4 Å². The van der Waals surface area contributed by atoms with Crippen LogP contribution in [0.25, 0.3) is 0 Å². The van der Waals surface area contributed by atoms with E-state index >= 15 is 0 Å². The predicted molar refractivity (Wildman–Crippen MR) is 78.2 cm³/mol. The number of aliphatic hydroxyl groups is 1. The van der Waals surface area contributed by atoms with Crippen LogP contribution in [-0.4, -0.2) is 27.0 Å². The van der Waals surface area contributed by atoms with Gasteiger partial charge in [-0.3, -0.25) is 4.79 Å². The van der Waals surface area contributed by atoms with Crippen molar-refractivity contribution in [3.05, 3.63) is 21.0 Å². The SMILES string of the molecule is CC1CCCC(CO)(Nc2cnn(C)c(=O)c2Br)C1. The lowest BCUT2D eigenvalue weighted by atomic mass is 9.77. The smallest absolute Gasteiger partial charge is 0.282 e. The number of aromatic nitrogens is 2. The van der Waals surface area contributed by atoms with Crippen LogP contribution in [0, 0.1) is 5.92 Å². The van der Waals surface area contributed by atoms with Crippen LogP contribution in [0.3, 0.4) is 0 Å². The summed E-state index contributed by atoms with van der Waals surface area (Å²) >= 11 is 3.31. The maximum Gasteiger partial charge on any atom is 0.282 e. The minimum absolute atomic E-state index is 0.0684. The van der Waals surface area contributed by atoms with Crippen molar-refractivity contribution >= 4 is 21.6 Å². The number of anilines is 1. The Hall–Kier alpha value is -0.880. The van der Waals surface area contributed by atoms with E-state index in [1.54, 1.807) is 13.2 Å². The van der Waals surface area contributed by atoms with Crippen LogP contribution < -0.4 is 10.9 Å². The first kappa shape index (κ1) is 14.5. The first-order valence-electron chi connectivity index (χ1n) is 6.58. The standard InChI is InChI=1S/C13H20BrN3O2/c1-9-4-3-5-13(6-9,8-18)16-10-7-15-17(2)12(19)11(10)14/h7,9,16,18H,3-6,8H2,1-2H3. The number of halogens is 1. The van der Waals surface area contributed by atoms with Crippen molar-refractivity contribution in [3.63, 3.8) is 0 Å². The summed E-state index contributed by atoms with van der Waals surface area (Å²) < 4.78 is 1.75. The summed E-state index contributed by atoms with van der Waals surface area (Å²) in [4.78, 5) is 11.8. The van der Waals surface area contributed by atoms with E-state index in [0.29, 0.717) is 16.1 Å². The Morgan fingerprint density at radius 2 is 2.42 bits per heavy atom. The minimum atomic E-state index is -0.339. The Bertz CT molecular complexity index is 517. The van der Waals surface area contributed by atoms with Gasteiger partial charge in [-0.1, -0.05) is 19.8 Å². The van der Waals surface area contributed by atoms with E-state index in [-0.39, 0.29) is 17.7 Å². The molecule has 0 saturated heterocycles. The van der Waals surface area contributed by atoms with E-state index in [4.69, 9.17) is 0 Å². The molecule has 1 aliphatic carbocycles. The van der Waals surface area contributed by atoms with Gasteiger partial charge in [0.15, 0.2) is 0 Å². The third-order valence-electron chi connectivity index (χ3n) is 3.87. The maximum absolute atomic E-state index is 11.8. The molecule has 106 valence electrons. The summed E-state index contributed by atoms with van der Waals surface area (Å²) in [5.41, 5.74) is 0.141. The summed E-state index contributed by atoms with van der Waals surface area (Å²) in [6.45, 7) is 2.27. The van der Waals surface area contributed by atoms with Crippen LogP contribution in [0.4, 0.5) is 5.69 Å². The number of rotatable bonds is 3. The largest absolute Gasteiger partial charge is 0.394 e. The molecule has 2 unspecified atom stereocenters. The Labute approximate surface area is 121 Å². The van der Waals surface area contributed by atoms with Crippen molar-refractivity contribution in [2.45, 2.75) is 38.1 Å². The lowest BCUT2D eigenvalue weighted by molar-refractivity contribution is 0.149. The van der Waals surface area contributed by atoms with Crippen LogP contribution in [0.15, 0.2) is 15.5 Å². The Morgan fingerprint density at radius 1 is 1.68 bits per heavy atom. The number of aryl methyl sites for hydroxylation is 1. The molecule has 0 amide bonds. The van der Waals surface area contributed by atoms with Crippen LogP contribution >= 0.6 is 15.9 Å². The van der Waals surface area contributed by atoms with Crippen molar-refractivity contribution in [3.8, 4) is 0 Å². The zero-order valence-electron chi connectivity index (χ0n) is 11.3. The van der Waals surface area contributed by atoms with Crippen molar-refractivity contribution in [1.29, 1.82) is 0 Å². The summed E-state index contributed by atoms with van der Waals surface area (Å²) in [6.07, 6.45) is 5.73. The number of hydrogen-bond donors (Lipinski definition) is 2. The highest BCUT2D eigenvalue weighted by atomic mass is 79.9. The second-order valence-electron chi connectivity index (χ2n) is 5.57. The monoisotopic (exact) mass is 329 g/mol. The fourth-order valence-corrected chi connectivity index (χ4v) is 3.30. The van der Waals surface area contributed by atoms with Gasteiger partial charge in [0.25, 0.3) is 5.56 Å². The molecule has 0 aliphatic heterocycles. The molecule has 1 saturated carbocycles. The zero-order valence-corrected chi connectivity index (χ0v) is 12.9. The quantitative estimate of drug-likeness (QED) is 0.888. The van der Waals surface area contributed by atoms with E-state index in [1.807, 2.05) is 0 Å². The summed E-state index contributed by atoms with van der Waals surface area (Å²) in [6, 6.07) is 0. The van der Waals surface area contributed by atoms with Gasteiger partial charge in [0.2, 0.25) is 0 Å². The van der Waals surface area contributed by atoms with E-state index in [0.717, 1.165) is 19.3 Å². The summed E-state index contributed by atoms with van der Waals surface area (Å²) in [5.74, 6) is 0.576. The summed E-state index contributed by atoms with van der Waals surface area (Å²) in [5, 5.41) is 17.1. The average Bonchev–Trinajstić information content (AvgIpc) is 2.40. The third-order valence-corrected chi connectivity index (χ3v) is 4.64. The molecule has 0 spiro atoms. The zero-order chi connectivity index (χ0) is 14.0. The maximum atomic E-state index is 11.8. The topological polar surface area (TPSA) is 67.2 Å². The second kappa shape index (κ2) is 5.63. The van der Waals surface area contributed by atoms with E-state index in [2.05, 4.69) is 33.3 Å². The van der Waals surface area contributed by atoms with Gasteiger partial charge in [0.1, 0.15) is 4.47 Å². The van der Waals surface area contributed by atoms with Crippen LogP contribution in [0.5, 0.6) is 0 Å². The molecule has 2 atom stereocenters. The van der Waals surface area contributed by atoms with E-state index in [1.165, 1.54) is 11.1 Å². The molecule has 1 aliphatic rings. The van der Waals surface area contributed by atoms with Gasteiger partial charge in [-0.2, -0.15) is 5.10 Å².